The Bertz CT molecular complexity index is 1510. The molecule has 3 aliphatic heterocycles. The van der Waals surface area contributed by atoms with Gasteiger partial charge in [-0.2, -0.15) is 0 Å². The highest BCUT2D eigenvalue weighted by Crippen LogP contribution is 2.55. The van der Waals surface area contributed by atoms with Gasteiger partial charge in [-0.05, 0) is 61.4 Å². The standard InChI is InChI=1S/C33H32N2O4/c1-20(36)34-29-7-3-2-5-26(29)22-9-12-27-31(17-22)39-33-28(6-4-8-30(33)37)32(27)23-15-24-10-11-25(16-23)35(24)18-21-13-14-38-19-21/h2-9,12-14,17,19,23-25,32,37H,10-11,15-16,18H2,1H3,(H,34,36). The van der Waals surface area contributed by atoms with Crippen LogP contribution in [0.2, 0.25) is 0 Å². The molecular formula is C33H32N2O4. The molecule has 2 N–H and O–H groups in total. The second kappa shape index (κ2) is 9.62. The Labute approximate surface area is 228 Å². The van der Waals surface area contributed by atoms with Gasteiger partial charge in [-0.15, -0.1) is 0 Å². The van der Waals surface area contributed by atoms with E-state index in [0.717, 1.165) is 47.5 Å². The SMILES string of the molecule is CC(=O)Nc1ccccc1-c1ccc2c(c1)Oc1c(O)cccc1C2C1CC2CCC(C1)N2Cc1ccoc1. The van der Waals surface area contributed by atoms with Crippen molar-refractivity contribution in [1.29, 1.82) is 0 Å². The number of furan rings is 1. The first-order chi connectivity index (χ1) is 19.0. The highest BCUT2D eigenvalue weighted by atomic mass is 16.5. The molecule has 3 unspecified atom stereocenters. The number of nitrogens with zero attached hydrogens (tertiary/aromatic N) is 1. The van der Waals surface area contributed by atoms with Crippen LogP contribution in [-0.4, -0.2) is 28.0 Å². The van der Waals surface area contributed by atoms with Gasteiger partial charge < -0.3 is 19.6 Å². The average Bonchev–Trinajstić information content (AvgIpc) is 3.52. The third kappa shape index (κ3) is 4.29. The summed E-state index contributed by atoms with van der Waals surface area (Å²) in [5.74, 6) is 2.00. The largest absolute Gasteiger partial charge is 0.504 e. The van der Waals surface area contributed by atoms with E-state index in [1.54, 1.807) is 12.3 Å². The number of anilines is 1. The Kier molecular flexibility index (Phi) is 5.93. The number of fused-ring (bicyclic) bond motifs is 4. The molecule has 4 aromatic rings. The van der Waals surface area contributed by atoms with E-state index >= 15 is 0 Å². The molecule has 1 aromatic heterocycles. The van der Waals surface area contributed by atoms with Gasteiger partial charge in [-0.1, -0.05) is 42.5 Å². The minimum Gasteiger partial charge on any atom is -0.504 e. The molecule has 7 rings (SSSR count). The number of rotatable bonds is 5. The lowest BCUT2D eigenvalue weighted by Gasteiger charge is -2.43. The Hall–Kier alpha value is -4.03. The van der Waals surface area contributed by atoms with Crippen LogP contribution in [0.15, 0.2) is 83.7 Å². The second-order valence-electron chi connectivity index (χ2n) is 11.2. The fraction of sp³-hybridized carbons (Fsp3) is 0.303. The zero-order valence-electron chi connectivity index (χ0n) is 22.0. The van der Waals surface area contributed by atoms with Gasteiger partial charge in [0.1, 0.15) is 5.75 Å². The first kappa shape index (κ1) is 24.0. The van der Waals surface area contributed by atoms with Crippen LogP contribution >= 0.6 is 0 Å². The number of hydrogen-bond acceptors (Lipinski definition) is 5. The van der Waals surface area contributed by atoms with E-state index in [9.17, 15) is 9.90 Å². The number of piperidine rings is 1. The summed E-state index contributed by atoms with van der Waals surface area (Å²) in [6, 6.07) is 23.1. The van der Waals surface area contributed by atoms with Crippen LogP contribution < -0.4 is 10.1 Å². The Morgan fingerprint density at radius 3 is 2.59 bits per heavy atom. The predicted octanol–water partition coefficient (Wildman–Crippen LogP) is 7.29. The normalized spacial score (nSPS) is 23.5. The lowest BCUT2D eigenvalue weighted by atomic mass is 9.72. The molecule has 2 fully saturated rings. The van der Waals surface area contributed by atoms with Gasteiger partial charge in [0.2, 0.25) is 5.91 Å². The van der Waals surface area contributed by atoms with Crippen molar-refractivity contribution in [2.45, 2.75) is 57.2 Å². The number of phenolic OH excluding ortho intramolecular Hbond substituents is 1. The number of carbonyl (C=O) groups is 1. The molecule has 3 atom stereocenters. The molecule has 39 heavy (non-hydrogen) atoms. The summed E-state index contributed by atoms with van der Waals surface area (Å²) in [7, 11) is 0. The summed E-state index contributed by atoms with van der Waals surface area (Å²) in [5, 5.41) is 13.8. The van der Waals surface area contributed by atoms with E-state index < -0.39 is 0 Å². The molecule has 0 radical (unpaired) electrons. The fourth-order valence-corrected chi connectivity index (χ4v) is 7.20. The summed E-state index contributed by atoms with van der Waals surface area (Å²) in [6.07, 6.45) is 8.29. The first-order valence-electron chi connectivity index (χ1n) is 13.8. The van der Waals surface area contributed by atoms with Crippen LogP contribution in [0.1, 0.15) is 55.2 Å². The van der Waals surface area contributed by atoms with Gasteiger partial charge in [-0.3, -0.25) is 9.69 Å². The number of phenols is 1. The van der Waals surface area contributed by atoms with Crippen molar-refractivity contribution in [3.63, 3.8) is 0 Å². The Morgan fingerprint density at radius 2 is 1.82 bits per heavy atom. The van der Waals surface area contributed by atoms with Crippen LogP contribution in [0.25, 0.3) is 11.1 Å². The second-order valence-corrected chi connectivity index (χ2v) is 11.2. The number of ether oxygens (including phenoxy) is 1. The molecule has 2 bridgehead atoms. The average molecular weight is 521 g/mol. The lowest BCUT2D eigenvalue weighted by molar-refractivity contribution is -0.114. The van der Waals surface area contributed by atoms with Gasteiger partial charge in [0, 0.05) is 59.4 Å². The first-order valence-corrected chi connectivity index (χ1v) is 13.8. The minimum atomic E-state index is -0.107. The highest BCUT2D eigenvalue weighted by molar-refractivity contribution is 5.94. The summed E-state index contributed by atoms with van der Waals surface area (Å²) in [4.78, 5) is 14.5. The molecule has 0 spiro atoms. The predicted molar refractivity (Wildman–Crippen MR) is 150 cm³/mol. The number of aromatic hydroxyl groups is 1. The molecule has 4 heterocycles. The number of carbonyl (C=O) groups excluding carboxylic acids is 1. The van der Waals surface area contributed by atoms with E-state index in [2.05, 4.69) is 40.5 Å². The monoisotopic (exact) mass is 520 g/mol. The number of amides is 1. The smallest absolute Gasteiger partial charge is 0.221 e. The Morgan fingerprint density at radius 1 is 1.00 bits per heavy atom. The minimum absolute atomic E-state index is 0.107. The van der Waals surface area contributed by atoms with E-state index in [-0.39, 0.29) is 17.6 Å². The maximum absolute atomic E-state index is 11.8. The number of benzene rings is 3. The third-order valence-electron chi connectivity index (χ3n) is 8.81. The molecule has 198 valence electrons. The highest BCUT2D eigenvalue weighted by Gasteiger charge is 2.45. The maximum Gasteiger partial charge on any atom is 0.221 e. The van der Waals surface area contributed by atoms with Gasteiger partial charge >= 0.3 is 0 Å². The summed E-state index contributed by atoms with van der Waals surface area (Å²) >= 11 is 0. The summed E-state index contributed by atoms with van der Waals surface area (Å²) in [5.41, 5.74) is 6.14. The molecule has 1 amide bonds. The summed E-state index contributed by atoms with van der Waals surface area (Å²) < 4.78 is 11.8. The molecule has 3 aliphatic rings. The van der Waals surface area contributed by atoms with Gasteiger partial charge in [0.05, 0.1) is 12.5 Å². The quantitative estimate of drug-likeness (QED) is 0.289. The molecule has 2 saturated heterocycles. The van der Waals surface area contributed by atoms with Crippen LogP contribution in [0.3, 0.4) is 0 Å². The number of nitrogens with one attached hydrogen (secondary N) is 1. The summed E-state index contributed by atoms with van der Waals surface area (Å²) in [6.45, 7) is 2.46. The molecular weight excluding hydrogens is 488 g/mol. The third-order valence-corrected chi connectivity index (χ3v) is 8.81. The Balaban J connectivity index is 1.25. The fourth-order valence-electron chi connectivity index (χ4n) is 7.20. The molecule has 6 nitrogen and oxygen atoms in total. The zero-order chi connectivity index (χ0) is 26.5. The molecule has 3 aromatic carbocycles. The molecule has 0 aliphatic carbocycles. The van der Waals surface area contributed by atoms with Gasteiger partial charge in [-0.25, -0.2) is 0 Å². The van der Waals surface area contributed by atoms with Crippen molar-refractivity contribution in [3.8, 4) is 28.4 Å². The molecule has 0 saturated carbocycles. The van der Waals surface area contributed by atoms with E-state index in [1.165, 1.54) is 30.9 Å². The van der Waals surface area contributed by atoms with Crippen LogP contribution in [0.5, 0.6) is 17.2 Å². The van der Waals surface area contributed by atoms with Crippen LogP contribution in [0.4, 0.5) is 5.69 Å². The van der Waals surface area contributed by atoms with Crippen LogP contribution in [0, 0.1) is 5.92 Å². The van der Waals surface area contributed by atoms with Crippen molar-refractivity contribution < 1.29 is 19.1 Å². The zero-order valence-corrected chi connectivity index (χ0v) is 22.0. The van der Waals surface area contributed by atoms with E-state index in [4.69, 9.17) is 9.15 Å². The molecule has 6 heteroatoms. The van der Waals surface area contributed by atoms with Crippen molar-refractivity contribution in [3.05, 3.63) is 95.9 Å². The van der Waals surface area contributed by atoms with E-state index in [1.807, 2.05) is 36.6 Å². The number of para-hydroxylation sites is 2. The van der Waals surface area contributed by atoms with Crippen LogP contribution in [-0.2, 0) is 11.3 Å². The van der Waals surface area contributed by atoms with Crippen molar-refractivity contribution in [2.24, 2.45) is 5.92 Å². The van der Waals surface area contributed by atoms with Gasteiger partial charge in [0.15, 0.2) is 11.5 Å². The maximum atomic E-state index is 11.8. The van der Waals surface area contributed by atoms with Gasteiger partial charge in [0.25, 0.3) is 0 Å². The van der Waals surface area contributed by atoms with Crippen molar-refractivity contribution in [1.82, 2.24) is 4.90 Å². The lowest BCUT2D eigenvalue weighted by Crippen LogP contribution is -2.43. The number of hydrogen-bond donors (Lipinski definition) is 2. The van der Waals surface area contributed by atoms with Crippen molar-refractivity contribution >= 4 is 11.6 Å². The van der Waals surface area contributed by atoms with E-state index in [0.29, 0.717) is 23.8 Å². The van der Waals surface area contributed by atoms with Crippen molar-refractivity contribution in [2.75, 3.05) is 5.32 Å². The topological polar surface area (TPSA) is 74.9 Å².